The van der Waals surface area contributed by atoms with E-state index in [1.165, 1.54) is 24.2 Å². The minimum Gasteiger partial charge on any atom is -0.451 e. The molecule has 0 aliphatic carbocycles. The van der Waals surface area contributed by atoms with E-state index in [-0.39, 0.29) is 23.2 Å². The number of amides is 1. The molecule has 1 saturated heterocycles. The van der Waals surface area contributed by atoms with Gasteiger partial charge in [0.25, 0.3) is 5.91 Å². The van der Waals surface area contributed by atoms with Crippen molar-refractivity contribution in [3.8, 4) is 0 Å². The third-order valence-electron chi connectivity index (χ3n) is 3.35. The van der Waals surface area contributed by atoms with Crippen molar-refractivity contribution in [2.75, 3.05) is 25.2 Å². The van der Waals surface area contributed by atoms with Crippen molar-refractivity contribution < 1.29 is 22.7 Å². The lowest BCUT2D eigenvalue weighted by atomic mass is 10.2. The van der Waals surface area contributed by atoms with Crippen molar-refractivity contribution in [1.82, 2.24) is 9.88 Å². The Kier molecular flexibility index (Phi) is 4.56. The fourth-order valence-corrected chi connectivity index (χ4v) is 3.85. The standard InChI is InChI=1S/C13H16N2O5S/c1-15(10-5-7-21(18,19)9-10)12(16)8-20-13(17)11-4-2-3-6-14-11/h2-4,6,10H,5,7-9H2,1H3/t10-/m1/s1. The van der Waals surface area contributed by atoms with Crippen LogP contribution in [-0.4, -0.2) is 61.4 Å². The van der Waals surface area contributed by atoms with E-state index < -0.39 is 28.3 Å². The lowest BCUT2D eigenvalue weighted by molar-refractivity contribution is -0.134. The zero-order chi connectivity index (χ0) is 15.5. The van der Waals surface area contributed by atoms with Gasteiger partial charge in [-0.1, -0.05) is 6.07 Å². The van der Waals surface area contributed by atoms with Crippen molar-refractivity contribution in [2.24, 2.45) is 0 Å². The van der Waals surface area contributed by atoms with E-state index in [1.807, 2.05) is 0 Å². The van der Waals surface area contributed by atoms with Crippen LogP contribution in [0.15, 0.2) is 24.4 Å². The highest BCUT2D eigenvalue weighted by Gasteiger charge is 2.32. The average molecular weight is 312 g/mol. The van der Waals surface area contributed by atoms with Crippen LogP contribution in [-0.2, 0) is 19.4 Å². The lowest BCUT2D eigenvalue weighted by Gasteiger charge is -2.23. The van der Waals surface area contributed by atoms with Crippen molar-refractivity contribution in [3.05, 3.63) is 30.1 Å². The fraction of sp³-hybridized carbons (Fsp3) is 0.462. The van der Waals surface area contributed by atoms with Crippen LogP contribution in [0.4, 0.5) is 0 Å². The first kappa shape index (κ1) is 15.4. The molecule has 1 aliphatic rings. The number of sulfone groups is 1. The van der Waals surface area contributed by atoms with Gasteiger partial charge in [-0.15, -0.1) is 0 Å². The number of rotatable bonds is 4. The molecule has 8 heteroatoms. The maximum atomic E-state index is 11.9. The molecule has 21 heavy (non-hydrogen) atoms. The molecule has 1 amide bonds. The fourth-order valence-electron chi connectivity index (χ4n) is 2.07. The molecule has 114 valence electrons. The van der Waals surface area contributed by atoms with Crippen LogP contribution in [0.1, 0.15) is 16.9 Å². The van der Waals surface area contributed by atoms with Crippen LogP contribution in [0.2, 0.25) is 0 Å². The van der Waals surface area contributed by atoms with Gasteiger partial charge in [-0.2, -0.15) is 0 Å². The molecule has 0 aromatic carbocycles. The Labute approximate surface area is 122 Å². The molecular weight excluding hydrogens is 296 g/mol. The minimum atomic E-state index is -3.06. The first-order valence-electron chi connectivity index (χ1n) is 6.43. The summed E-state index contributed by atoms with van der Waals surface area (Å²) in [5, 5.41) is 0. The summed E-state index contributed by atoms with van der Waals surface area (Å²) >= 11 is 0. The van der Waals surface area contributed by atoms with E-state index in [9.17, 15) is 18.0 Å². The molecule has 2 heterocycles. The summed E-state index contributed by atoms with van der Waals surface area (Å²) in [7, 11) is -1.54. The monoisotopic (exact) mass is 312 g/mol. The first-order chi connectivity index (χ1) is 9.89. The molecule has 0 unspecified atom stereocenters. The number of likely N-dealkylation sites (N-methyl/N-ethyl adjacent to an activating group) is 1. The molecule has 7 nitrogen and oxygen atoms in total. The van der Waals surface area contributed by atoms with E-state index in [4.69, 9.17) is 4.74 Å². The predicted octanol–water partition coefficient (Wildman–Crippen LogP) is -0.116. The summed E-state index contributed by atoms with van der Waals surface area (Å²) in [4.78, 5) is 28.7. The second kappa shape index (κ2) is 6.21. The molecule has 1 aromatic heterocycles. The second-order valence-electron chi connectivity index (χ2n) is 4.85. The summed E-state index contributed by atoms with van der Waals surface area (Å²) in [6.45, 7) is -0.428. The summed E-state index contributed by atoms with van der Waals surface area (Å²) in [5.74, 6) is -1.07. The molecule has 0 spiro atoms. The Hall–Kier alpha value is -1.96. The smallest absolute Gasteiger partial charge is 0.357 e. The number of carbonyl (C=O) groups excluding carboxylic acids is 2. The van der Waals surface area contributed by atoms with Crippen LogP contribution >= 0.6 is 0 Å². The maximum absolute atomic E-state index is 11.9. The van der Waals surface area contributed by atoms with Crippen LogP contribution in [0, 0.1) is 0 Å². The number of pyridine rings is 1. The normalized spacial score (nSPS) is 20.0. The molecule has 1 aromatic rings. The van der Waals surface area contributed by atoms with Gasteiger partial charge in [0.05, 0.1) is 11.5 Å². The molecule has 2 rings (SSSR count). The summed E-state index contributed by atoms with van der Waals surface area (Å²) in [6, 6.07) is 4.44. The van der Waals surface area contributed by atoms with Gasteiger partial charge in [0.15, 0.2) is 16.4 Å². The third kappa shape index (κ3) is 4.01. The highest BCUT2D eigenvalue weighted by atomic mass is 32.2. The molecular formula is C13H16N2O5S. The van der Waals surface area contributed by atoms with Crippen molar-refractivity contribution >= 4 is 21.7 Å². The summed E-state index contributed by atoms with van der Waals surface area (Å²) < 4.78 is 27.7. The topological polar surface area (TPSA) is 93.6 Å². The molecule has 0 radical (unpaired) electrons. The van der Waals surface area contributed by atoms with Crippen LogP contribution in [0.25, 0.3) is 0 Å². The molecule has 0 N–H and O–H groups in total. The van der Waals surface area contributed by atoms with Crippen molar-refractivity contribution in [2.45, 2.75) is 12.5 Å². The zero-order valence-corrected chi connectivity index (χ0v) is 12.4. The van der Waals surface area contributed by atoms with Gasteiger partial charge in [-0.3, -0.25) is 4.79 Å². The SMILES string of the molecule is CN(C(=O)COC(=O)c1ccccn1)[C@@H]1CCS(=O)(=O)C1. The molecule has 1 aliphatic heterocycles. The number of esters is 1. The number of aromatic nitrogens is 1. The van der Waals surface area contributed by atoms with E-state index >= 15 is 0 Å². The van der Waals surface area contributed by atoms with Gasteiger partial charge in [0.1, 0.15) is 5.69 Å². The molecule has 1 fully saturated rings. The van der Waals surface area contributed by atoms with Crippen LogP contribution < -0.4 is 0 Å². The van der Waals surface area contributed by atoms with Gasteiger partial charge in [0.2, 0.25) is 0 Å². The second-order valence-corrected chi connectivity index (χ2v) is 7.08. The van der Waals surface area contributed by atoms with Gasteiger partial charge >= 0.3 is 5.97 Å². The quantitative estimate of drug-likeness (QED) is 0.720. The highest BCUT2D eigenvalue weighted by Crippen LogP contribution is 2.16. The maximum Gasteiger partial charge on any atom is 0.357 e. The van der Waals surface area contributed by atoms with Gasteiger partial charge in [-0.05, 0) is 18.6 Å². The summed E-state index contributed by atoms with van der Waals surface area (Å²) in [6.07, 6.45) is 1.87. The molecule has 1 atom stereocenters. The highest BCUT2D eigenvalue weighted by molar-refractivity contribution is 7.91. The number of hydrogen-bond acceptors (Lipinski definition) is 6. The van der Waals surface area contributed by atoms with Crippen molar-refractivity contribution in [1.29, 1.82) is 0 Å². The number of carbonyl (C=O) groups is 2. The Balaban J connectivity index is 1.86. The third-order valence-corrected chi connectivity index (χ3v) is 5.10. The lowest BCUT2D eigenvalue weighted by Crippen LogP contribution is -2.40. The van der Waals surface area contributed by atoms with Gasteiger partial charge < -0.3 is 9.64 Å². The van der Waals surface area contributed by atoms with Crippen molar-refractivity contribution in [3.63, 3.8) is 0 Å². The number of ether oxygens (including phenoxy) is 1. The zero-order valence-electron chi connectivity index (χ0n) is 11.6. The molecule has 0 bridgehead atoms. The Morgan fingerprint density at radius 2 is 2.19 bits per heavy atom. The summed E-state index contributed by atoms with van der Waals surface area (Å²) in [5.41, 5.74) is 0.122. The van der Waals surface area contributed by atoms with E-state index in [1.54, 1.807) is 12.1 Å². The first-order valence-corrected chi connectivity index (χ1v) is 8.25. The minimum absolute atomic E-state index is 0.0383. The number of nitrogens with zero attached hydrogens (tertiary/aromatic N) is 2. The average Bonchev–Trinajstić information content (AvgIpc) is 2.84. The van der Waals surface area contributed by atoms with E-state index in [2.05, 4.69) is 4.98 Å². The number of hydrogen-bond donors (Lipinski definition) is 0. The van der Waals surface area contributed by atoms with Crippen LogP contribution in [0.3, 0.4) is 0 Å². The van der Waals surface area contributed by atoms with Gasteiger partial charge in [-0.25, -0.2) is 18.2 Å². The Bertz CT molecular complexity index is 629. The Morgan fingerprint density at radius 1 is 1.43 bits per heavy atom. The molecule has 0 saturated carbocycles. The van der Waals surface area contributed by atoms with E-state index in [0.29, 0.717) is 6.42 Å². The predicted molar refractivity (Wildman–Crippen MR) is 74.3 cm³/mol. The largest absolute Gasteiger partial charge is 0.451 e. The van der Waals surface area contributed by atoms with Gasteiger partial charge in [0, 0.05) is 19.3 Å². The Morgan fingerprint density at radius 3 is 2.76 bits per heavy atom. The van der Waals surface area contributed by atoms with Crippen LogP contribution in [0.5, 0.6) is 0 Å². The van der Waals surface area contributed by atoms with E-state index in [0.717, 1.165) is 0 Å².